The summed E-state index contributed by atoms with van der Waals surface area (Å²) >= 11 is 1.20. The zero-order valence-corrected chi connectivity index (χ0v) is 18.0. The van der Waals surface area contributed by atoms with E-state index in [0.717, 1.165) is 12.7 Å². The summed E-state index contributed by atoms with van der Waals surface area (Å²) in [6.07, 6.45) is 4.65. The van der Waals surface area contributed by atoms with Gasteiger partial charge in [0.05, 0.1) is 23.2 Å². The van der Waals surface area contributed by atoms with Crippen molar-refractivity contribution in [1.29, 1.82) is 0 Å². The molecule has 0 saturated carbocycles. The third kappa shape index (κ3) is 4.21. The Hall–Kier alpha value is -2.43. The Morgan fingerprint density at radius 3 is 2.80 bits per heavy atom. The maximum Gasteiger partial charge on any atom is 0.247 e. The Morgan fingerprint density at radius 2 is 2.10 bits per heavy atom. The van der Waals surface area contributed by atoms with Gasteiger partial charge in [0, 0.05) is 12.7 Å². The van der Waals surface area contributed by atoms with Crippen LogP contribution in [-0.2, 0) is 21.4 Å². The van der Waals surface area contributed by atoms with Gasteiger partial charge in [-0.3, -0.25) is 14.7 Å². The van der Waals surface area contributed by atoms with E-state index in [4.69, 9.17) is 0 Å². The molecule has 1 aliphatic heterocycles. The second-order valence-corrected chi connectivity index (χ2v) is 10.2. The highest BCUT2D eigenvalue weighted by molar-refractivity contribution is 7.88. The Balaban J connectivity index is 1.76. The average molecular weight is 449 g/mol. The maximum atomic E-state index is 14.2. The summed E-state index contributed by atoms with van der Waals surface area (Å²) in [5, 5.41) is 0.324. The first-order valence-electron chi connectivity index (χ1n) is 9.58. The molecular formula is C20H21FN4O3S2. The van der Waals surface area contributed by atoms with Crippen molar-refractivity contribution in [2.24, 2.45) is 0 Å². The lowest BCUT2D eigenvalue weighted by atomic mass is 10.0. The van der Waals surface area contributed by atoms with Gasteiger partial charge in [-0.05, 0) is 37.1 Å². The van der Waals surface area contributed by atoms with Crippen molar-refractivity contribution in [1.82, 2.24) is 14.3 Å². The minimum absolute atomic E-state index is 0.120. The van der Waals surface area contributed by atoms with Gasteiger partial charge in [0.15, 0.2) is 5.13 Å². The van der Waals surface area contributed by atoms with Gasteiger partial charge in [0.1, 0.15) is 17.4 Å². The number of benzene rings is 1. The highest BCUT2D eigenvalue weighted by Gasteiger charge is 2.38. The van der Waals surface area contributed by atoms with Gasteiger partial charge in [-0.25, -0.2) is 17.8 Å². The van der Waals surface area contributed by atoms with Crippen LogP contribution < -0.4 is 4.90 Å². The molecule has 0 bridgehead atoms. The van der Waals surface area contributed by atoms with Crippen molar-refractivity contribution in [3.8, 4) is 0 Å². The van der Waals surface area contributed by atoms with Crippen LogP contribution >= 0.6 is 11.3 Å². The monoisotopic (exact) mass is 448 g/mol. The van der Waals surface area contributed by atoms with E-state index in [0.29, 0.717) is 34.9 Å². The van der Waals surface area contributed by atoms with E-state index in [2.05, 4.69) is 9.97 Å². The van der Waals surface area contributed by atoms with E-state index in [1.54, 1.807) is 30.5 Å². The van der Waals surface area contributed by atoms with Crippen LogP contribution in [-0.4, -0.2) is 47.4 Å². The first-order chi connectivity index (χ1) is 14.3. The second kappa shape index (κ2) is 8.37. The third-order valence-electron chi connectivity index (χ3n) is 5.07. The number of hydrogen-bond donors (Lipinski definition) is 0. The van der Waals surface area contributed by atoms with Crippen molar-refractivity contribution in [2.75, 3.05) is 17.7 Å². The van der Waals surface area contributed by atoms with Crippen molar-refractivity contribution in [3.05, 3.63) is 54.1 Å². The van der Waals surface area contributed by atoms with Gasteiger partial charge in [0.25, 0.3) is 0 Å². The minimum Gasteiger partial charge on any atom is -0.281 e. The zero-order chi connectivity index (χ0) is 21.3. The molecule has 7 nitrogen and oxygen atoms in total. The lowest BCUT2D eigenvalue weighted by Gasteiger charge is -2.35. The van der Waals surface area contributed by atoms with E-state index < -0.39 is 21.9 Å². The largest absolute Gasteiger partial charge is 0.281 e. The Morgan fingerprint density at radius 1 is 1.27 bits per heavy atom. The number of para-hydroxylation sites is 1. The number of hydrogen-bond acceptors (Lipinski definition) is 6. The molecule has 0 unspecified atom stereocenters. The molecule has 0 radical (unpaired) electrons. The van der Waals surface area contributed by atoms with Crippen LogP contribution in [0.2, 0.25) is 0 Å². The van der Waals surface area contributed by atoms with Crippen molar-refractivity contribution in [3.63, 3.8) is 0 Å². The van der Waals surface area contributed by atoms with E-state index in [1.165, 1.54) is 26.6 Å². The number of rotatable bonds is 5. The number of sulfonamides is 1. The van der Waals surface area contributed by atoms with Crippen LogP contribution in [0.1, 0.15) is 25.0 Å². The van der Waals surface area contributed by atoms with E-state index in [1.807, 2.05) is 6.07 Å². The summed E-state index contributed by atoms with van der Waals surface area (Å²) in [5.41, 5.74) is 0.826. The summed E-state index contributed by atoms with van der Waals surface area (Å²) in [4.78, 5) is 23.7. The number of anilines is 1. The van der Waals surface area contributed by atoms with Crippen LogP contribution in [0.3, 0.4) is 0 Å². The predicted octanol–water partition coefficient (Wildman–Crippen LogP) is 3.18. The number of piperidine rings is 1. The molecule has 1 fully saturated rings. The first kappa shape index (κ1) is 20.8. The molecule has 3 heterocycles. The molecule has 0 spiro atoms. The van der Waals surface area contributed by atoms with E-state index in [9.17, 15) is 17.6 Å². The minimum atomic E-state index is -3.55. The van der Waals surface area contributed by atoms with Gasteiger partial charge >= 0.3 is 0 Å². The number of aromatic nitrogens is 2. The average Bonchev–Trinajstić information content (AvgIpc) is 3.17. The number of halogens is 1. The number of pyridine rings is 1. The number of nitrogens with zero attached hydrogens (tertiary/aromatic N) is 4. The Bertz CT molecular complexity index is 1170. The Kier molecular flexibility index (Phi) is 5.81. The summed E-state index contributed by atoms with van der Waals surface area (Å²) in [7, 11) is -3.55. The molecule has 10 heteroatoms. The molecule has 1 aliphatic rings. The topological polar surface area (TPSA) is 83.5 Å². The molecule has 158 valence electrons. The normalized spacial score (nSPS) is 17.9. The fourth-order valence-corrected chi connectivity index (χ4v) is 5.74. The fraction of sp³-hybridized carbons (Fsp3) is 0.350. The molecule has 1 amide bonds. The number of fused-ring (bicyclic) bond motifs is 1. The Labute approximate surface area is 178 Å². The SMILES string of the molecule is CS(=O)(=O)N1CCCC[C@@H]1C(=O)N(Cc1ccccn1)c1nc2c(F)cccc2s1. The zero-order valence-electron chi connectivity index (χ0n) is 16.4. The van der Waals surface area contributed by atoms with E-state index in [-0.39, 0.29) is 18.0 Å². The maximum absolute atomic E-state index is 14.2. The summed E-state index contributed by atoms with van der Waals surface area (Å²) in [6, 6.07) is 9.21. The predicted molar refractivity (Wildman–Crippen MR) is 114 cm³/mol. The summed E-state index contributed by atoms with van der Waals surface area (Å²) in [6.45, 7) is 0.427. The van der Waals surface area contributed by atoms with Crippen LogP contribution in [0.25, 0.3) is 10.2 Å². The van der Waals surface area contributed by atoms with Crippen molar-refractivity contribution >= 4 is 42.6 Å². The van der Waals surface area contributed by atoms with Crippen LogP contribution in [0.5, 0.6) is 0 Å². The second-order valence-electron chi connectivity index (χ2n) is 7.21. The van der Waals surface area contributed by atoms with Gasteiger partial charge in [-0.2, -0.15) is 4.31 Å². The third-order valence-corrected chi connectivity index (χ3v) is 7.40. The number of carbonyl (C=O) groups excluding carboxylic acids is 1. The number of amides is 1. The molecule has 3 aromatic rings. The standard InChI is InChI=1S/C20H21FN4O3S2/c1-30(27,28)25-12-5-3-9-16(25)19(26)24(13-14-7-2-4-11-22-14)20-23-18-15(21)8-6-10-17(18)29-20/h2,4,6-8,10-11,16H,3,5,9,12-13H2,1H3/t16-/m1/s1. The molecule has 1 saturated heterocycles. The van der Waals surface area contributed by atoms with Gasteiger partial charge in [0.2, 0.25) is 15.9 Å². The molecule has 30 heavy (non-hydrogen) atoms. The molecule has 1 aromatic carbocycles. The number of thiazole rings is 1. The van der Waals surface area contributed by atoms with E-state index >= 15 is 0 Å². The quantitative estimate of drug-likeness (QED) is 0.599. The molecule has 1 atom stereocenters. The molecular weight excluding hydrogens is 427 g/mol. The lowest BCUT2D eigenvalue weighted by molar-refractivity contribution is -0.123. The van der Waals surface area contributed by atoms with Gasteiger partial charge < -0.3 is 0 Å². The van der Waals surface area contributed by atoms with Crippen LogP contribution in [0.15, 0.2) is 42.6 Å². The molecule has 4 rings (SSSR count). The van der Waals surface area contributed by atoms with Gasteiger partial charge in [-0.1, -0.05) is 29.9 Å². The molecule has 0 N–H and O–H groups in total. The highest BCUT2D eigenvalue weighted by atomic mass is 32.2. The van der Waals surface area contributed by atoms with Crippen LogP contribution in [0.4, 0.5) is 9.52 Å². The lowest BCUT2D eigenvalue weighted by Crippen LogP contribution is -2.52. The van der Waals surface area contributed by atoms with Crippen molar-refractivity contribution in [2.45, 2.75) is 31.8 Å². The van der Waals surface area contributed by atoms with Crippen LogP contribution in [0, 0.1) is 5.82 Å². The van der Waals surface area contributed by atoms with Crippen molar-refractivity contribution < 1.29 is 17.6 Å². The molecule has 2 aromatic heterocycles. The first-order valence-corrected chi connectivity index (χ1v) is 12.2. The smallest absolute Gasteiger partial charge is 0.247 e. The highest BCUT2D eigenvalue weighted by Crippen LogP contribution is 2.33. The molecule has 0 aliphatic carbocycles. The summed E-state index contributed by atoms with van der Waals surface area (Å²) in [5.74, 6) is -0.832. The van der Waals surface area contributed by atoms with Gasteiger partial charge in [-0.15, -0.1) is 0 Å². The summed E-state index contributed by atoms with van der Waals surface area (Å²) < 4.78 is 40.7. The number of carbonyl (C=O) groups is 1. The fourth-order valence-electron chi connectivity index (χ4n) is 3.64.